The number of aryl methyl sites for hydroxylation is 1. The monoisotopic (exact) mass is 424 g/mol. The predicted octanol–water partition coefficient (Wildman–Crippen LogP) is 2.62. The molecule has 2 aliphatic rings. The molecule has 0 aliphatic carbocycles. The molecule has 3 heterocycles. The van der Waals surface area contributed by atoms with Gasteiger partial charge < -0.3 is 14.6 Å². The molecule has 0 spiro atoms. The standard InChI is InChI=1S/C22H24N4O3S/c1-25-14-22(23-15-25)30(27,28)26-12-19(16-5-3-2-4-6-16)20(13-26)24-18-7-8-21-17(11-18)9-10-29-21/h2-8,11,14-15,19-20,24H,9-10,12-13H2,1H3. The second kappa shape index (κ2) is 7.45. The molecule has 1 N–H and O–H groups in total. The van der Waals surface area contributed by atoms with Crippen LogP contribution in [0.2, 0.25) is 0 Å². The number of sulfonamides is 1. The minimum atomic E-state index is -3.65. The Balaban J connectivity index is 1.45. The van der Waals surface area contributed by atoms with Crippen LogP contribution in [0.3, 0.4) is 0 Å². The fraction of sp³-hybridized carbons (Fsp3) is 0.318. The van der Waals surface area contributed by atoms with E-state index >= 15 is 0 Å². The molecule has 30 heavy (non-hydrogen) atoms. The number of imidazole rings is 1. The summed E-state index contributed by atoms with van der Waals surface area (Å²) in [6.07, 6.45) is 3.96. The first-order valence-corrected chi connectivity index (χ1v) is 11.5. The number of fused-ring (bicyclic) bond motifs is 1. The largest absolute Gasteiger partial charge is 0.493 e. The van der Waals surface area contributed by atoms with Crippen LogP contribution in [0, 0.1) is 0 Å². The molecular weight excluding hydrogens is 400 g/mol. The molecule has 0 bridgehead atoms. The quantitative estimate of drug-likeness (QED) is 0.681. The van der Waals surface area contributed by atoms with Crippen molar-refractivity contribution in [1.82, 2.24) is 13.9 Å². The average molecular weight is 425 g/mol. The highest BCUT2D eigenvalue weighted by atomic mass is 32.2. The van der Waals surface area contributed by atoms with Crippen molar-refractivity contribution in [2.45, 2.75) is 23.4 Å². The summed E-state index contributed by atoms with van der Waals surface area (Å²) in [6.45, 7) is 1.51. The highest BCUT2D eigenvalue weighted by Gasteiger charge is 2.41. The molecule has 8 heteroatoms. The summed E-state index contributed by atoms with van der Waals surface area (Å²) in [4.78, 5) is 4.08. The first kappa shape index (κ1) is 19.1. The third kappa shape index (κ3) is 3.46. The molecule has 3 aromatic rings. The lowest BCUT2D eigenvalue weighted by atomic mass is 9.94. The summed E-state index contributed by atoms with van der Waals surface area (Å²) >= 11 is 0. The molecule has 0 radical (unpaired) electrons. The number of benzene rings is 2. The van der Waals surface area contributed by atoms with Gasteiger partial charge in [0.05, 0.1) is 12.9 Å². The number of ether oxygens (including phenoxy) is 1. The molecule has 156 valence electrons. The zero-order chi connectivity index (χ0) is 20.7. The number of hydrogen-bond acceptors (Lipinski definition) is 5. The summed E-state index contributed by atoms with van der Waals surface area (Å²) in [5.41, 5.74) is 3.30. The Hall–Kier alpha value is -2.84. The van der Waals surface area contributed by atoms with Crippen molar-refractivity contribution in [2.24, 2.45) is 7.05 Å². The van der Waals surface area contributed by atoms with Crippen LogP contribution in [0.15, 0.2) is 66.1 Å². The molecule has 5 rings (SSSR count). The van der Waals surface area contributed by atoms with Gasteiger partial charge in [-0.15, -0.1) is 0 Å². The zero-order valence-electron chi connectivity index (χ0n) is 16.7. The molecule has 2 unspecified atom stereocenters. The molecule has 1 saturated heterocycles. The summed E-state index contributed by atoms with van der Waals surface area (Å²) in [5, 5.41) is 3.68. The van der Waals surface area contributed by atoms with Crippen molar-refractivity contribution >= 4 is 15.7 Å². The Labute approximate surface area is 176 Å². The van der Waals surface area contributed by atoms with E-state index in [4.69, 9.17) is 4.74 Å². The Morgan fingerprint density at radius 2 is 1.97 bits per heavy atom. The molecule has 1 fully saturated rings. The maximum Gasteiger partial charge on any atom is 0.262 e. The number of nitrogens with zero attached hydrogens (tertiary/aromatic N) is 3. The highest BCUT2D eigenvalue weighted by Crippen LogP contribution is 2.34. The van der Waals surface area contributed by atoms with E-state index in [1.165, 1.54) is 11.9 Å². The predicted molar refractivity (Wildman–Crippen MR) is 114 cm³/mol. The Morgan fingerprint density at radius 1 is 1.13 bits per heavy atom. The third-order valence-corrected chi connectivity index (χ3v) is 7.56. The molecule has 0 saturated carbocycles. The van der Waals surface area contributed by atoms with Gasteiger partial charge in [-0.3, -0.25) is 0 Å². The fourth-order valence-electron chi connectivity index (χ4n) is 4.29. The molecule has 1 aromatic heterocycles. The number of nitrogens with one attached hydrogen (secondary N) is 1. The van der Waals surface area contributed by atoms with E-state index in [2.05, 4.69) is 28.5 Å². The molecule has 2 aliphatic heterocycles. The lowest BCUT2D eigenvalue weighted by Gasteiger charge is -2.21. The molecule has 2 aromatic carbocycles. The smallest absolute Gasteiger partial charge is 0.262 e. The van der Waals surface area contributed by atoms with E-state index in [0.717, 1.165) is 23.4 Å². The molecular formula is C22H24N4O3S. The number of anilines is 1. The van der Waals surface area contributed by atoms with Crippen LogP contribution in [-0.4, -0.2) is 48.0 Å². The van der Waals surface area contributed by atoms with Gasteiger partial charge in [-0.2, -0.15) is 4.31 Å². The van der Waals surface area contributed by atoms with Crippen LogP contribution in [0.1, 0.15) is 17.0 Å². The normalized spacial score (nSPS) is 21.4. The molecule has 0 amide bonds. The Kier molecular flexibility index (Phi) is 4.75. The van der Waals surface area contributed by atoms with E-state index in [0.29, 0.717) is 19.7 Å². The highest BCUT2D eigenvalue weighted by molar-refractivity contribution is 7.89. The van der Waals surface area contributed by atoms with Crippen molar-refractivity contribution in [1.29, 1.82) is 0 Å². The summed E-state index contributed by atoms with van der Waals surface area (Å²) in [5.74, 6) is 0.972. The summed E-state index contributed by atoms with van der Waals surface area (Å²) in [7, 11) is -1.88. The minimum absolute atomic E-state index is 0.0363. The topological polar surface area (TPSA) is 76.5 Å². The third-order valence-electron chi connectivity index (χ3n) is 5.84. The van der Waals surface area contributed by atoms with Crippen LogP contribution >= 0.6 is 0 Å². The van der Waals surface area contributed by atoms with Crippen LogP contribution in [0.5, 0.6) is 5.75 Å². The van der Waals surface area contributed by atoms with E-state index in [-0.39, 0.29) is 17.0 Å². The SMILES string of the molecule is Cn1cnc(S(=O)(=O)N2CC(Nc3ccc4c(c3)CCO4)C(c3ccccc3)C2)c1. The summed E-state index contributed by atoms with van der Waals surface area (Å²) in [6, 6.07) is 16.1. The van der Waals surface area contributed by atoms with E-state index in [1.54, 1.807) is 22.1 Å². The van der Waals surface area contributed by atoms with Crippen molar-refractivity contribution in [3.05, 3.63) is 72.2 Å². The lowest BCUT2D eigenvalue weighted by molar-refractivity contribution is 0.357. The Morgan fingerprint density at radius 3 is 2.73 bits per heavy atom. The second-order valence-corrected chi connectivity index (χ2v) is 9.77. The van der Waals surface area contributed by atoms with Gasteiger partial charge in [0.2, 0.25) is 0 Å². The van der Waals surface area contributed by atoms with Crippen LogP contribution in [0.25, 0.3) is 0 Å². The molecule has 7 nitrogen and oxygen atoms in total. The van der Waals surface area contributed by atoms with Gasteiger partial charge in [-0.25, -0.2) is 13.4 Å². The van der Waals surface area contributed by atoms with Gasteiger partial charge in [0.25, 0.3) is 10.0 Å². The van der Waals surface area contributed by atoms with Crippen LogP contribution < -0.4 is 10.1 Å². The Bertz CT molecular complexity index is 1160. The van der Waals surface area contributed by atoms with E-state index < -0.39 is 10.0 Å². The minimum Gasteiger partial charge on any atom is -0.493 e. The average Bonchev–Trinajstić information content (AvgIpc) is 3.48. The first-order chi connectivity index (χ1) is 14.5. The van der Waals surface area contributed by atoms with Crippen molar-refractivity contribution in [3.8, 4) is 5.75 Å². The van der Waals surface area contributed by atoms with Gasteiger partial charge in [-0.1, -0.05) is 30.3 Å². The second-order valence-electron chi connectivity index (χ2n) is 7.89. The number of hydrogen-bond donors (Lipinski definition) is 1. The number of aromatic nitrogens is 2. The fourth-order valence-corrected chi connectivity index (χ4v) is 5.75. The van der Waals surface area contributed by atoms with Crippen molar-refractivity contribution in [2.75, 3.05) is 25.0 Å². The maximum atomic E-state index is 13.2. The maximum absolute atomic E-state index is 13.2. The van der Waals surface area contributed by atoms with E-state index in [1.807, 2.05) is 30.3 Å². The lowest BCUT2D eigenvalue weighted by Crippen LogP contribution is -2.32. The van der Waals surface area contributed by atoms with E-state index in [9.17, 15) is 8.42 Å². The first-order valence-electron chi connectivity index (χ1n) is 10.1. The van der Waals surface area contributed by atoms with Gasteiger partial charge in [0, 0.05) is 50.4 Å². The zero-order valence-corrected chi connectivity index (χ0v) is 17.5. The summed E-state index contributed by atoms with van der Waals surface area (Å²) < 4.78 is 35.2. The van der Waals surface area contributed by atoms with Gasteiger partial charge in [0.15, 0.2) is 5.03 Å². The molecule has 2 atom stereocenters. The van der Waals surface area contributed by atoms with Gasteiger partial charge >= 0.3 is 0 Å². The number of rotatable bonds is 5. The van der Waals surface area contributed by atoms with Gasteiger partial charge in [0.1, 0.15) is 5.75 Å². The van der Waals surface area contributed by atoms with Crippen LogP contribution in [0.4, 0.5) is 5.69 Å². The van der Waals surface area contributed by atoms with Crippen molar-refractivity contribution in [3.63, 3.8) is 0 Å². The van der Waals surface area contributed by atoms with Crippen LogP contribution in [-0.2, 0) is 23.5 Å². The van der Waals surface area contributed by atoms with Crippen molar-refractivity contribution < 1.29 is 13.2 Å². The van der Waals surface area contributed by atoms with Gasteiger partial charge in [-0.05, 0) is 29.3 Å².